The lowest BCUT2D eigenvalue weighted by molar-refractivity contribution is 0.413. The quantitative estimate of drug-likeness (QED) is 0.809. The van der Waals surface area contributed by atoms with Crippen LogP contribution < -0.4 is 10.1 Å². The molecule has 0 radical (unpaired) electrons. The minimum atomic E-state index is 0.460. The van der Waals surface area contributed by atoms with Gasteiger partial charge in [0, 0.05) is 27.3 Å². The molecule has 1 aliphatic carbocycles. The number of halogens is 1. The first kappa shape index (κ1) is 14.1. The van der Waals surface area contributed by atoms with Gasteiger partial charge in [-0.1, -0.05) is 12.1 Å². The van der Waals surface area contributed by atoms with Gasteiger partial charge in [-0.15, -0.1) is 11.3 Å². The fraction of sp³-hybridized carbons (Fsp3) is 0.375. The van der Waals surface area contributed by atoms with Gasteiger partial charge in [0.2, 0.25) is 0 Å². The maximum absolute atomic E-state index is 5.23. The van der Waals surface area contributed by atoms with Crippen molar-refractivity contribution in [2.45, 2.75) is 25.4 Å². The zero-order valence-corrected chi connectivity index (χ0v) is 13.8. The summed E-state index contributed by atoms with van der Waals surface area (Å²) in [5.74, 6) is 1.71. The number of nitrogens with one attached hydrogen (secondary N) is 1. The maximum Gasteiger partial charge on any atom is 0.118 e. The number of benzene rings is 1. The van der Waals surface area contributed by atoms with Crippen LogP contribution in [0.25, 0.3) is 0 Å². The van der Waals surface area contributed by atoms with Gasteiger partial charge in [-0.25, -0.2) is 0 Å². The lowest BCUT2D eigenvalue weighted by Crippen LogP contribution is -2.22. The van der Waals surface area contributed by atoms with Crippen molar-refractivity contribution in [2.75, 3.05) is 7.11 Å². The van der Waals surface area contributed by atoms with E-state index in [-0.39, 0.29) is 0 Å². The standard InChI is InChI=1S/C16H18BrNOS/c1-19-14-6-4-12(5-7-14)16(11-2-3-11)18-9-15-8-13(17)10-20-15/h4-8,10-11,16,18H,2-3,9H2,1H3. The molecule has 4 heteroatoms. The molecule has 0 amide bonds. The van der Waals surface area contributed by atoms with E-state index in [9.17, 15) is 0 Å². The molecule has 1 atom stereocenters. The van der Waals surface area contributed by atoms with Crippen LogP contribution >= 0.6 is 27.3 Å². The molecule has 1 unspecified atom stereocenters. The molecule has 0 bridgehead atoms. The molecule has 1 aromatic heterocycles. The predicted octanol–water partition coefficient (Wildman–Crippen LogP) is 4.76. The number of hydrogen-bond acceptors (Lipinski definition) is 3. The second kappa shape index (κ2) is 6.29. The molecule has 0 spiro atoms. The molecule has 1 N–H and O–H groups in total. The smallest absolute Gasteiger partial charge is 0.118 e. The van der Waals surface area contributed by atoms with Crippen LogP contribution in [0.2, 0.25) is 0 Å². The van der Waals surface area contributed by atoms with Crippen LogP contribution in [0, 0.1) is 5.92 Å². The molecule has 1 aromatic carbocycles. The van der Waals surface area contributed by atoms with Crippen molar-refractivity contribution in [1.29, 1.82) is 0 Å². The third-order valence-electron chi connectivity index (χ3n) is 3.69. The first-order valence-corrected chi connectivity index (χ1v) is 8.54. The molecule has 0 aliphatic heterocycles. The molecule has 2 nitrogen and oxygen atoms in total. The van der Waals surface area contributed by atoms with Crippen molar-refractivity contribution in [3.05, 3.63) is 50.6 Å². The largest absolute Gasteiger partial charge is 0.497 e. The first-order valence-electron chi connectivity index (χ1n) is 6.86. The summed E-state index contributed by atoms with van der Waals surface area (Å²) in [6.07, 6.45) is 2.66. The van der Waals surface area contributed by atoms with Gasteiger partial charge in [-0.2, -0.15) is 0 Å². The summed E-state index contributed by atoms with van der Waals surface area (Å²) in [5, 5.41) is 5.85. The van der Waals surface area contributed by atoms with Gasteiger partial charge >= 0.3 is 0 Å². The van der Waals surface area contributed by atoms with Gasteiger partial charge in [0.05, 0.1) is 7.11 Å². The van der Waals surface area contributed by atoms with E-state index in [2.05, 4.69) is 44.8 Å². The van der Waals surface area contributed by atoms with Gasteiger partial charge in [0.25, 0.3) is 0 Å². The van der Waals surface area contributed by atoms with E-state index in [4.69, 9.17) is 4.74 Å². The molecule has 106 valence electrons. The Hall–Kier alpha value is -0.840. The van der Waals surface area contributed by atoms with E-state index >= 15 is 0 Å². The molecule has 1 heterocycles. The summed E-state index contributed by atoms with van der Waals surface area (Å²) in [7, 11) is 1.71. The molecular weight excluding hydrogens is 334 g/mol. The molecule has 20 heavy (non-hydrogen) atoms. The summed E-state index contributed by atoms with van der Waals surface area (Å²) < 4.78 is 6.41. The lowest BCUT2D eigenvalue weighted by atomic mass is 10.0. The lowest BCUT2D eigenvalue weighted by Gasteiger charge is -2.18. The van der Waals surface area contributed by atoms with E-state index in [1.807, 2.05) is 12.1 Å². The Kier molecular flexibility index (Phi) is 4.44. The summed E-state index contributed by atoms with van der Waals surface area (Å²) in [6, 6.07) is 11.1. The Balaban J connectivity index is 1.68. The summed E-state index contributed by atoms with van der Waals surface area (Å²) in [6.45, 7) is 0.934. The highest BCUT2D eigenvalue weighted by molar-refractivity contribution is 9.10. The van der Waals surface area contributed by atoms with Crippen molar-refractivity contribution in [1.82, 2.24) is 5.32 Å². The van der Waals surface area contributed by atoms with E-state index in [1.54, 1.807) is 18.4 Å². The van der Waals surface area contributed by atoms with Gasteiger partial charge in [-0.05, 0) is 58.5 Å². The number of thiophene rings is 1. The minimum absolute atomic E-state index is 0.460. The average Bonchev–Trinajstić information content (AvgIpc) is 3.22. The molecule has 1 saturated carbocycles. The van der Waals surface area contributed by atoms with E-state index in [0.29, 0.717) is 6.04 Å². The van der Waals surface area contributed by atoms with E-state index in [0.717, 1.165) is 18.2 Å². The Morgan fingerprint density at radius 2 is 2.10 bits per heavy atom. The number of ether oxygens (including phenoxy) is 1. The van der Waals surface area contributed by atoms with Crippen molar-refractivity contribution >= 4 is 27.3 Å². The summed E-state index contributed by atoms with van der Waals surface area (Å²) in [5.41, 5.74) is 1.36. The summed E-state index contributed by atoms with van der Waals surface area (Å²) >= 11 is 5.31. The third kappa shape index (κ3) is 3.43. The van der Waals surface area contributed by atoms with E-state index in [1.165, 1.54) is 27.8 Å². The van der Waals surface area contributed by atoms with Crippen LogP contribution in [-0.2, 0) is 6.54 Å². The Bertz CT molecular complexity index is 562. The molecule has 0 saturated heterocycles. The highest BCUT2D eigenvalue weighted by atomic mass is 79.9. The normalized spacial score (nSPS) is 16.1. The SMILES string of the molecule is COc1ccc(C(NCc2cc(Br)cs2)C2CC2)cc1. The van der Waals surface area contributed by atoms with Crippen LogP contribution in [0.4, 0.5) is 0 Å². The molecule has 3 rings (SSSR count). The van der Waals surface area contributed by atoms with Crippen molar-refractivity contribution in [3.8, 4) is 5.75 Å². The van der Waals surface area contributed by atoms with Crippen molar-refractivity contribution < 1.29 is 4.74 Å². The second-order valence-corrected chi connectivity index (χ2v) is 7.11. The number of rotatable bonds is 6. The number of methoxy groups -OCH3 is 1. The fourth-order valence-corrected chi connectivity index (χ4v) is 3.86. The van der Waals surface area contributed by atoms with Gasteiger partial charge in [0.1, 0.15) is 5.75 Å². The molecule has 1 aliphatic rings. The monoisotopic (exact) mass is 351 g/mol. The highest BCUT2D eigenvalue weighted by Crippen LogP contribution is 2.41. The third-order valence-corrected chi connectivity index (χ3v) is 5.38. The first-order chi connectivity index (χ1) is 9.76. The predicted molar refractivity (Wildman–Crippen MR) is 87.3 cm³/mol. The Morgan fingerprint density at radius 3 is 2.65 bits per heavy atom. The summed E-state index contributed by atoms with van der Waals surface area (Å²) in [4.78, 5) is 1.37. The van der Waals surface area contributed by atoms with Crippen LogP contribution in [0.5, 0.6) is 5.75 Å². The van der Waals surface area contributed by atoms with Gasteiger partial charge < -0.3 is 10.1 Å². The molecular formula is C16H18BrNOS. The number of hydrogen-bond donors (Lipinski definition) is 1. The fourth-order valence-electron chi connectivity index (χ4n) is 2.45. The van der Waals surface area contributed by atoms with Crippen LogP contribution in [-0.4, -0.2) is 7.11 Å². The van der Waals surface area contributed by atoms with E-state index < -0.39 is 0 Å². The minimum Gasteiger partial charge on any atom is -0.497 e. The zero-order chi connectivity index (χ0) is 13.9. The molecule has 2 aromatic rings. The van der Waals surface area contributed by atoms with Crippen LogP contribution in [0.15, 0.2) is 40.2 Å². The van der Waals surface area contributed by atoms with Crippen molar-refractivity contribution in [2.24, 2.45) is 5.92 Å². The van der Waals surface area contributed by atoms with Crippen molar-refractivity contribution in [3.63, 3.8) is 0 Å². The maximum atomic E-state index is 5.23. The van der Waals surface area contributed by atoms with Gasteiger partial charge in [-0.3, -0.25) is 0 Å². The zero-order valence-electron chi connectivity index (χ0n) is 11.4. The molecule has 1 fully saturated rings. The average molecular weight is 352 g/mol. The topological polar surface area (TPSA) is 21.3 Å². The van der Waals surface area contributed by atoms with Crippen LogP contribution in [0.1, 0.15) is 29.3 Å². The van der Waals surface area contributed by atoms with Crippen LogP contribution in [0.3, 0.4) is 0 Å². The second-order valence-electron chi connectivity index (χ2n) is 5.20. The Morgan fingerprint density at radius 1 is 1.35 bits per heavy atom. The van der Waals surface area contributed by atoms with Gasteiger partial charge in [0.15, 0.2) is 0 Å². The highest BCUT2D eigenvalue weighted by Gasteiger charge is 2.31. The Labute approximate surface area is 132 Å².